The normalized spacial score (nSPS) is 15.5. The number of nitrogens with zero attached hydrogens (tertiary/aromatic N) is 1. The molecule has 1 aromatic heterocycles. The molecular formula is C18H22ClN3O. The van der Waals surface area contributed by atoms with Crippen LogP contribution in [-0.2, 0) is 0 Å². The van der Waals surface area contributed by atoms with Gasteiger partial charge in [-0.1, -0.05) is 11.6 Å². The molecule has 3 N–H and O–H groups in total. The molecule has 1 aromatic carbocycles. The topological polar surface area (TPSA) is 60.1 Å². The lowest BCUT2D eigenvalue weighted by molar-refractivity contribution is 0.0949. The fourth-order valence-electron chi connectivity index (χ4n) is 2.98. The third kappa shape index (κ3) is 3.43. The zero-order valence-electron chi connectivity index (χ0n) is 13.5. The quantitative estimate of drug-likeness (QED) is 0.883. The molecule has 1 saturated carbocycles. The average molecular weight is 332 g/mol. The number of aryl methyl sites for hydroxylation is 1. The number of halogens is 1. The van der Waals surface area contributed by atoms with Gasteiger partial charge in [-0.3, -0.25) is 4.79 Å². The Morgan fingerprint density at radius 2 is 2.00 bits per heavy atom. The van der Waals surface area contributed by atoms with E-state index >= 15 is 0 Å². The van der Waals surface area contributed by atoms with Crippen molar-refractivity contribution in [2.75, 3.05) is 6.54 Å². The number of carbonyl (C=O) groups is 1. The average Bonchev–Trinajstić information content (AvgIpc) is 3.32. The van der Waals surface area contributed by atoms with Crippen LogP contribution in [0.1, 0.15) is 34.6 Å². The fraction of sp³-hybridized carbons (Fsp3) is 0.389. The molecule has 0 spiro atoms. The molecule has 3 rings (SSSR count). The highest BCUT2D eigenvalue weighted by molar-refractivity contribution is 6.30. The molecule has 1 amide bonds. The summed E-state index contributed by atoms with van der Waals surface area (Å²) >= 11 is 5.95. The maximum atomic E-state index is 12.5. The minimum Gasteiger partial charge on any atom is -0.350 e. The van der Waals surface area contributed by atoms with Crippen molar-refractivity contribution in [1.29, 1.82) is 0 Å². The Bertz CT molecular complexity index is 717. The van der Waals surface area contributed by atoms with Crippen LogP contribution in [0.15, 0.2) is 30.3 Å². The molecule has 1 heterocycles. The molecule has 23 heavy (non-hydrogen) atoms. The molecule has 1 aliphatic rings. The Balaban J connectivity index is 1.79. The van der Waals surface area contributed by atoms with Gasteiger partial charge in [0.2, 0.25) is 0 Å². The molecule has 1 fully saturated rings. The van der Waals surface area contributed by atoms with Crippen LogP contribution in [0.5, 0.6) is 0 Å². The summed E-state index contributed by atoms with van der Waals surface area (Å²) in [4.78, 5) is 12.5. The number of aromatic nitrogens is 1. The number of hydrogen-bond acceptors (Lipinski definition) is 2. The highest BCUT2D eigenvalue weighted by Gasteiger charge is 2.28. The van der Waals surface area contributed by atoms with E-state index in [1.165, 1.54) is 12.8 Å². The van der Waals surface area contributed by atoms with E-state index in [0.717, 1.165) is 17.1 Å². The smallest absolute Gasteiger partial charge is 0.253 e. The number of nitrogens with one attached hydrogen (secondary N) is 1. The predicted molar refractivity (Wildman–Crippen MR) is 93.3 cm³/mol. The Morgan fingerprint density at radius 3 is 2.61 bits per heavy atom. The second kappa shape index (κ2) is 6.38. The monoisotopic (exact) mass is 331 g/mol. The molecule has 122 valence electrons. The predicted octanol–water partition coefficient (Wildman–Crippen LogP) is 3.21. The summed E-state index contributed by atoms with van der Waals surface area (Å²) in [5, 5.41) is 3.66. The van der Waals surface area contributed by atoms with E-state index < -0.39 is 0 Å². The number of carbonyl (C=O) groups excluding carboxylic acids is 1. The van der Waals surface area contributed by atoms with Gasteiger partial charge >= 0.3 is 0 Å². The van der Waals surface area contributed by atoms with Gasteiger partial charge in [0.15, 0.2) is 0 Å². The van der Waals surface area contributed by atoms with E-state index in [4.69, 9.17) is 17.3 Å². The second-order valence-corrected chi connectivity index (χ2v) is 6.74. The first-order valence-corrected chi connectivity index (χ1v) is 8.34. The van der Waals surface area contributed by atoms with Crippen LogP contribution in [-0.4, -0.2) is 23.1 Å². The SMILES string of the molecule is Cc1cc(C(=O)NCC(N)C2CC2)c(C)n1-c1ccc(Cl)cc1. The summed E-state index contributed by atoms with van der Waals surface area (Å²) in [6.45, 7) is 4.49. The van der Waals surface area contributed by atoms with Gasteiger partial charge in [-0.05, 0) is 62.9 Å². The van der Waals surface area contributed by atoms with Crippen molar-refractivity contribution in [2.24, 2.45) is 11.7 Å². The first-order chi connectivity index (χ1) is 11.0. The van der Waals surface area contributed by atoms with Crippen LogP contribution >= 0.6 is 11.6 Å². The van der Waals surface area contributed by atoms with E-state index in [-0.39, 0.29) is 11.9 Å². The zero-order chi connectivity index (χ0) is 16.6. The second-order valence-electron chi connectivity index (χ2n) is 6.31. The van der Waals surface area contributed by atoms with Gasteiger partial charge in [0.25, 0.3) is 5.91 Å². The lowest BCUT2D eigenvalue weighted by atomic mass is 10.2. The number of rotatable bonds is 5. The van der Waals surface area contributed by atoms with Crippen LogP contribution < -0.4 is 11.1 Å². The largest absolute Gasteiger partial charge is 0.350 e. The number of amides is 1. The first kappa shape index (κ1) is 16.1. The summed E-state index contributed by atoms with van der Waals surface area (Å²) in [6, 6.07) is 9.59. The van der Waals surface area contributed by atoms with Gasteiger partial charge in [0.1, 0.15) is 0 Å². The lowest BCUT2D eigenvalue weighted by Gasteiger charge is -2.12. The van der Waals surface area contributed by atoms with Gasteiger partial charge in [-0.25, -0.2) is 0 Å². The highest BCUT2D eigenvalue weighted by atomic mass is 35.5. The molecule has 1 unspecified atom stereocenters. The van der Waals surface area contributed by atoms with Crippen LogP contribution in [0.2, 0.25) is 5.02 Å². The summed E-state index contributed by atoms with van der Waals surface area (Å²) in [5.41, 5.74) is 9.68. The van der Waals surface area contributed by atoms with Crippen molar-refractivity contribution in [3.8, 4) is 5.69 Å². The maximum absolute atomic E-state index is 12.5. The Kier molecular flexibility index (Phi) is 4.46. The molecule has 5 heteroatoms. The van der Waals surface area contributed by atoms with Crippen molar-refractivity contribution in [1.82, 2.24) is 9.88 Å². The van der Waals surface area contributed by atoms with Crippen molar-refractivity contribution in [2.45, 2.75) is 32.7 Å². The van der Waals surface area contributed by atoms with Crippen LogP contribution in [0.3, 0.4) is 0 Å². The van der Waals surface area contributed by atoms with E-state index in [0.29, 0.717) is 23.0 Å². The molecule has 0 saturated heterocycles. The van der Waals surface area contributed by atoms with Crippen molar-refractivity contribution in [3.63, 3.8) is 0 Å². The minimum absolute atomic E-state index is 0.0607. The molecule has 0 bridgehead atoms. The Hall–Kier alpha value is -1.78. The molecule has 1 atom stereocenters. The van der Waals surface area contributed by atoms with Crippen molar-refractivity contribution in [3.05, 3.63) is 52.3 Å². The first-order valence-electron chi connectivity index (χ1n) is 7.96. The lowest BCUT2D eigenvalue weighted by Crippen LogP contribution is -2.38. The number of nitrogens with two attached hydrogens (primary N) is 1. The Morgan fingerprint density at radius 1 is 1.35 bits per heavy atom. The molecule has 0 aliphatic heterocycles. The zero-order valence-corrected chi connectivity index (χ0v) is 14.2. The van der Waals surface area contributed by atoms with Gasteiger partial charge in [-0.15, -0.1) is 0 Å². The minimum atomic E-state index is -0.0607. The van der Waals surface area contributed by atoms with Crippen LogP contribution in [0.25, 0.3) is 5.69 Å². The molecule has 1 aliphatic carbocycles. The molecule has 2 aromatic rings. The van der Waals surface area contributed by atoms with Crippen molar-refractivity contribution < 1.29 is 4.79 Å². The van der Waals surface area contributed by atoms with Crippen LogP contribution in [0, 0.1) is 19.8 Å². The van der Waals surface area contributed by atoms with Gasteiger partial charge in [-0.2, -0.15) is 0 Å². The summed E-state index contributed by atoms with van der Waals surface area (Å²) in [7, 11) is 0. The number of benzene rings is 1. The molecule has 0 radical (unpaired) electrons. The third-order valence-electron chi connectivity index (χ3n) is 4.49. The summed E-state index contributed by atoms with van der Waals surface area (Å²) in [6.07, 6.45) is 2.37. The van der Waals surface area contributed by atoms with Crippen LogP contribution in [0.4, 0.5) is 0 Å². The van der Waals surface area contributed by atoms with E-state index in [1.807, 2.05) is 44.2 Å². The van der Waals surface area contributed by atoms with Gasteiger partial charge < -0.3 is 15.6 Å². The standard InChI is InChI=1S/C18H22ClN3O/c1-11-9-16(18(23)21-10-17(20)13-3-4-13)12(2)22(11)15-7-5-14(19)6-8-15/h5-9,13,17H,3-4,10,20H2,1-2H3,(H,21,23). The van der Waals surface area contributed by atoms with Gasteiger partial charge in [0.05, 0.1) is 5.56 Å². The fourth-order valence-corrected chi connectivity index (χ4v) is 3.10. The molecular weight excluding hydrogens is 310 g/mol. The summed E-state index contributed by atoms with van der Waals surface area (Å²) in [5.74, 6) is 0.520. The Labute approximate surface area is 141 Å². The number of hydrogen-bond donors (Lipinski definition) is 2. The van der Waals surface area contributed by atoms with Crippen molar-refractivity contribution >= 4 is 17.5 Å². The highest BCUT2D eigenvalue weighted by Crippen LogP contribution is 2.31. The summed E-state index contributed by atoms with van der Waals surface area (Å²) < 4.78 is 2.06. The van der Waals surface area contributed by atoms with E-state index in [1.54, 1.807) is 0 Å². The van der Waals surface area contributed by atoms with E-state index in [2.05, 4.69) is 9.88 Å². The van der Waals surface area contributed by atoms with E-state index in [9.17, 15) is 4.79 Å². The van der Waals surface area contributed by atoms with Gasteiger partial charge in [0, 0.05) is 34.7 Å². The third-order valence-corrected chi connectivity index (χ3v) is 4.74. The maximum Gasteiger partial charge on any atom is 0.253 e. The molecule has 4 nitrogen and oxygen atoms in total.